The van der Waals surface area contributed by atoms with Crippen LogP contribution in [0.5, 0.6) is 0 Å². The van der Waals surface area contributed by atoms with E-state index in [1.807, 2.05) is 0 Å². The van der Waals surface area contributed by atoms with Crippen molar-refractivity contribution in [3.05, 3.63) is 12.0 Å². The number of nitrogens with zero attached hydrogens (tertiary/aromatic N) is 2. The summed E-state index contributed by atoms with van der Waals surface area (Å²) in [7, 11) is 2.11. The summed E-state index contributed by atoms with van der Waals surface area (Å²) in [5, 5.41) is 3.37. The summed E-state index contributed by atoms with van der Waals surface area (Å²) in [5.41, 5.74) is 0.994. The Morgan fingerprint density at radius 2 is 2.25 bits per heavy atom. The van der Waals surface area contributed by atoms with Gasteiger partial charge in [-0.05, 0) is 37.0 Å². The first-order chi connectivity index (χ1) is 9.61. The quantitative estimate of drug-likeness (QED) is 0.867. The second kappa shape index (κ2) is 5.76. The van der Waals surface area contributed by atoms with Gasteiger partial charge in [0.15, 0.2) is 0 Å². The molecule has 0 aromatic carbocycles. The van der Waals surface area contributed by atoms with Crippen LogP contribution in [-0.2, 0) is 6.54 Å². The van der Waals surface area contributed by atoms with Crippen LogP contribution in [0.2, 0.25) is 0 Å². The van der Waals surface area contributed by atoms with E-state index in [1.165, 1.54) is 25.7 Å². The largest absolute Gasteiger partial charge is 0.432 e. The fourth-order valence-electron chi connectivity index (χ4n) is 3.89. The van der Waals surface area contributed by atoms with Crippen LogP contribution in [0.3, 0.4) is 0 Å². The Bertz CT molecular complexity index is 443. The molecule has 2 saturated carbocycles. The first-order valence-corrected chi connectivity index (χ1v) is 8.00. The predicted molar refractivity (Wildman–Crippen MR) is 80.7 cm³/mol. The predicted octanol–water partition coefficient (Wildman–Crippen LogP) is 3.05. The lowest BCUT2D eigenvalue weighted by atomic mass is 9.88. The number of oxazole rings is 1. The van der Waals surface area contributed by atoms with Gasteiger partial charge in [0, 0.05) is 26.2 Å². The van der Waals surface area contributed by atoms with Crippen LogP contribution < -0.4 is 10.2 Å². The third-order valence-electron chi connectivity index (χ3n) is 4.95. The van der Waals surface area contributed by atoms with Crippen molar-refractivity contribution in [2.75, 3.05) is 18.5 Å². The van der Waals surface area contributed by atoms with E-state index in [2.05, 4.69) is 36.1 Å². The number of aromatic nitrogens is 1. The van der Waals surface area contributed by atoms with Crippen LogP contribution in [0.25, 0.3) is 0 Å². The third kappa shape index (κ3) is 3.00. The fraction of sp³-hybridized carbons (Fsp3) is 0.812. The highest BCUT2D eigenvalue weighted by Gasteiger charge is 2.39. The van der Waals surface area contributed by atoms with Gasteiger partial charge in [-0.15, -0.1) is 0 Å². The lowest BCUT2D eigenvalue weighted by molar-refractivity contribution is 0.332. The summed E-state index contributed by atoms with van der Waals surface area (Å²) in [6, 6.07) is 1.25. The highest BCUT2D eigenvalue weighted by Crippen LogP contribution is 2.48. The van der Waals surface area contributed by atoms with Gasteiger partial charge in [0.25, 0.3) is 6.01 Å². The van der Waals surface area contributed by atoms with Crippen LogP contribution in [0.15, 0.2) is 10.7 Å². The Balaban J connectivity index is 1.53. The molecule has 0 spiro atoms. The van der Waals surface area contributed by atoms with Crippen molar-refractivity contribution >= 4 is 6.01 Å². The van der Waals surface area contributed by atoms with Gasteiger partial charge in [-0.1, -0.05) is 20.3 Å². The Kier molecular flexibility index (Phi) is 4.01. The minimum absolute atomic E-state index is 0.474. The van der Waals surface area contributed by atoms with Crippen molar-refractivity contribution < 1.29 is 4.42 Å². The van der Waals surface area contributed by atoms with Crippen molar-refractivity contribution in [2.24, 2.45) is 17.8 Å². The highest BCUT2D eigenvalue weighted by molar-refractivity contribution is 5.25. The summed E-state index contributed by atoms with van der Waals surface area (Å²) in [6.07, 6.45) is 7.57. The standard InChI is InChI=1S/C16H27N3O/c1-11(2)17-8-15-10-20-16(18-15)19(3)9-14-7-12-4-5-13(14)6-12/h10-14,17H,4-9H2,1-3H3. The maximum atomic E-state index is 5.62. The molecule has 3 atom stereocenters. The molecule has 0 amide bonds. The molecule has 20 heavy (non-hydrogen) atoms. The molecule has 0 radical (unpaired) electrons. The molecule has 1 N–H and O–H groups in total. The molecular weight excluding hydrogens is 250 g/mol. The molecule has 3 unspecified atom stereocenters. The second-order valence-corrected chi connectivity index (χ2v) is 6.97. The number of hydrogen-bond acceptors (Lipinski definition) is 4. The van der Waals surface area contributed by atoms with Crippen LogP contribution in [0, 0.1) is 17.8 Å². The lowest BCUT2D eigenvalue weighted by Gasteiger charge is -2.26. The topological polar surface area (TPSA) is 41.3 Å². The minimum Gasteiger partial charge on any atom is -0.432 e. The SMILES string of the molecule is CC(C)NCc1coc(N(C)CC2CC3CCC2C3)n1. The van der Waals surface area contributed by atoms with Gasteiger partial charge in [-0.25, -0.2) is 0 Å². The average molecular weight is 277 g/mol. The van der Waals surface area contributed by atoms with Gasteiger partial charge in [-0.2, -0.15) is 4.98 Å². The zero-order valence-corrected chi connectivity index (χ0v) is 12.9. The molecule has 2 fully saturated rings. The Morgan fingerprint density at radius 1 is 1.40 bits per heavy atom. The van der Waals surface area contributed by atoms with Crippen LogP contribution >= 0.6 is 0 Å². The Morgan fingerprint density at radius 3 is 2.90 bits per heavy atom. The number of nitrogens with one attached hydrogen (secondary N) is 1. The molecule has 1 heterocycles. The number of rotatable bonds is 6. The van der Waals surface area contributed by atoms with Crippen LogP contribution in [-0.4, -0.2) is 24.6 Å². The zero-order valence-electron chi connectivity index (χ0n) is 12.9. The van der Waals surface area contributed by atoms with E-state index in [0.717, 1.165) is 42.6 Å². The molecule has 0 aliphatic heterocycles. The highest BCUT2D eigenvalue weighted by atomic mass is 16.4. The second-order valence-electron chi connectivity index (χ2n) is 6.97. The van der Waals surface area contributed by atoms with Gasteiger partial charge in [0.1, 0.15) is 6.26 Å². The van der Waals surface area contributed by atoms with Crippen molar-refractivity contribution in [1.82, 2.24) is 10.3 Å². The molecule has 2 aliphatic rings. The Hall–Kier alpha value is -1.03. The van der Waals surface area contributed by atoms with Crippen molar-refractivity contribution in [3.63, 3.8) is 0 Å². The number of fused-ring (bicyclic) bond motifs is 2. The minimum atomic E-state index is 0.474. The van der Waals surface area contributed by atoms with Gasteiger partial charge >= 0.3 is 0 Å². The normalized spacial score (nSPS) is 28.5. The number of anilines is 1. The summed E-state index contributed by atoms with van der Waals surface area (Å²) in [4.78, 5) is 6.78. The van der Waals surface area contributed by atoms with E-state index < -0.39 is 0 Å². The van der Waals surface area contributed by atoms with Crippen molar-refractivity contribution in [3.8, 4) is 0 Å². The smallest absolute Gasteiger partial charge is 0.297 e. The maximum absolute atomic E-state index is 5.62. The van der Waals surface area contributed by atoms with Crippen molar-refractivity contribution in [2.45, 2.75) is 52.1 Å². The maximum Gasteiger partial charge on any atom is 0.297 e. The van der Waals surface area contributed by atoms with E-state index in [1.54, 1.807) is 6.26 Å². The first-order valence-electron chi connectivity index (χ1n) is 8.00. The van der Waals surface area contributed by atoms with Crippen LogP contribution in [0.4, 0.5) is 6.01 Å². The van der Waals surface area contributed by atoms with E-state index in [-0.39, 0.29) is 0 Å². The lowest BCUT2D eigenvalue weighted by Crippen LogP contribution is -2.29. The van der Waals surface area contributed by atoms with Gasteiger partial charge in [0.05, 0.1) is 5.69 Å². The molecule has 1 aromatic heterocycles. The van der Waals surface area contributed by atoms with E-state index >= 15 is 0 Å². The summed E-state index contributed by atoms with van der Waals surface area (Å²) in [5.74, 6) is 2.82. The van der Waals surface area contributed by atoms with E-state index in [9.17, 15) is 0 Å². The molecule has 4 nitrogen and oxygen atoms in total. The first kappa shape index (κ1) is 13.9. The molecule has 4 heteroatoms. The molecule has 1 aromatic rings. The Labute approximate surface area is 121 Å². The third-order valence-corrected chi connectivity index (χ3v) is 4.95. The summed E-state index contributed by atoms with van der Waals surface area (Å²) < 4.78 is 5.62. The van der Waals surface area contributed by atoms with Gasteiger partial charge < -0.3 is 14.6 Å². The van der Waals surface area contributed by atoms with Gasteiger partial charge in [0.2, 0.25) is 0 Å². The van der Waals surface area contributed by atoms with Crippen LogP contribution in [0.1, 0.15) is 45.2 Å². The molecule has 2 bridgehead atoms. The molecule has 2 aliphatic carbocycles. The molecular formula is C16H27N3O. The average Bonchev–Trinajstić information content (AvgIpc) is 3.12. The molecule has 112 valence electrons. The molecule has 3 rings (SSSR count). The summed E-state index contributed by atoms with van der Waals surface area (Å²) >= 11 is 0. The number of hydrogen-bond donors (Lipinski definition) is 1. The fourth-order valence-corrected chi connectivity index (χ4v) is 3.89. The zero-order chi connectivity index (χ0) is 14.1. The van der Waals surface area contributed by atoms with E-state index in [0.29, 0.717) is 6.04 Å². The van der Waals surface area contributed by atoms with E-state index in [4.69, 9.17) is 4.42 Å². The van der Waals surface area contributed by atoms with Gasteiger partial charge in [-0.3, -0.25) is 0 Å². The monoisotopic (exact) mass is 277 g/mol. The molecule has 0 saturated heterocycles. The summed E-state index contributed by atoms with van der Waals surface area (Å²) in [6.45, 7) is 6.16. The van der Waals surface area contributed by atoms with Crippen molar-refractivity contribution in [1.29, 1.82) is 0 Å².